The summed E-state index contributed by atoms with van der Waals surface area (Å²) in [6.07, 6.45) is 0.554. The van der Waals surface area contributed by atoms with Crippen molar-refractivity contribution in [3.8, 4) is 0 Å². The van der Waals surface area contributed by atoms with Crippen molar-refractivity contribution in [1.29, 1.82) is 0 Å². The fourth-order valence-corrected chi connectivity index (χ4v) is 7.73. The van der Waals surface area contributed by atoms with Crippen LogP contribution in [0.25, 0.3) is 10.2 Å². The number of nitrogens with one attached hydrogen (secondary N) is 2. The molecule has 1 fully saturated rings. The minimum atomic E-state index is -4.02. The fraction of sp³-hybridized carbons (Fsp3) is 0.516. The summed E-state index contributed by atoms with van der Waals surface area (Å²) in [5, 5.41) is 16.3. The number of nitrogens with zero attached hydrogens (tertiary/aromatic N) is 3. The molecule has 12 heteroatoms. The Morgan fingerprint density at radius 1 is 1.09 bits per heavy atom. The fourth-order valence-electron chi connectivity index (χ4n) is 5.29. The van der Waals surface area contributed by atoms with Gasteiger partial charge in [-0.05, 0) is 61.4 Å². The van der Waals surface area contributed by atoms with Crippen LogP contribution in [0.5, 0.6) is 0 Å². The summed E-state index contributed by atoms with van der Waals surface area (Å²) < 4.78 is 30.0. The van der Waals surface area contributed by atoms with Gasteiger partial charge >= 0.3 is 0 Å². The lowest BCUT2D eigenvalue weighted by atomic mass is 9.99. The number of fused-ring (bicyclic) bond motifs is 1. The third kappa shape index (κ3) is 8.60. The maximum atomic E-state index is 14.0. The first-order valence-electron chi connectivity index (χ1n) is 14.9. The molecular weight excluding hydrogens is 587 g/mol. The zero-order valence-corrected chi connectivity index (χ0v) is 26.9. The SMILES string of the molecule is CC(C)CC(=O)N(NC(=O)C1CCCN1)C(Cc1ccccc1)[C@H](O)CN(CC(C)C)S(=O)(=O)c1ccc2ncsc2c1. The molecule has 3 N–H and O–H groups in total. The topological polar surface area (TPSA) is 132 Å². The largest absolute Gasteiger partial charge is 0.390 e. The van der Waals surface area contributed by atoms with Gasteiger partial charge in [0.25, 0.3) is 5.91 Å². The van der Waals surface area contributed by atoms with Gasteiger partial charge in [-0.25, -0.2) is 18.4 Å². The number of aromatic nitrogens is 1. The number of hydrazine groups is 1. The Morgan fingerprint density at radius 2 is 1.84 bits per heavy atom. The molecule has 0 radical (unpaired) electrons. The molecule has 2 aromatic carbocycles. The van der Waals surface area contributed by atoms with E-state index in [-0.39, 0.29) is 54.5 Å². The second-order valence-electron chi connectivity index (χ2n) is 12.0. The molecule has 2 heterocycles. The lowest BCUT2D eigenvalue weighted by Gasteiger charge is -2.38. The number of aliphatic hydroxyl groups excluding tert-OH is 1. The number of aliphatic hydroxyl groups is 1. The Balaban J connectivity index is 1.69. The van der Waals surface area contributed by atoms with E-state index in [1.165, 1.54) is 26.7 Å². The van der Waals surface area contributed by atoms with Crippen molar-refractivity contribution in [2.75, 3.05) is 19.6 Å². The maximum absolute atomic E-state index is 14.0. The van der Waals surface area contributed by atoms with Gasteiger partial charge in [0.1, 0.15) is 0 Å². The van der Waals surface area contributed by atoms with E-state index in [2.05, 4.69) is 15.7 Å². The molecule has 10 nitrogen and oxygen atoms in total. The zero-order valence-electron chi connectivity index (χ0n) is 25.3. The van der Waals surface area contributed by atoms with Gasteiger partial charge in [-0.3, -0.25) is 15.0 Å². The summed E-state index contributed by atoms with van der Waals surface area (Å²) in [6, 6.07) is 12.8. The first kappa shape index (κ1) is 33.0. The number of sulfonamides is 1. The molecule has 0 aliphatic carbocycles. The van der Waals surface area contributed by atoms with Gasteiger partial charge < -0.3 is 10.4 Å². The van der Waals surface area contributed by atoms with Crippen molar-refractivity contribution >= 4 is 43.4 Å². The number of carbonyl (C=O) groups is 2. The number of hydrogen-bond acceptors (Lipinski definition) is 8. The highest BCUT2D eigenvalue weighted by molar-refractivity contribution is 7.89. The van der Waals surface area contributed by atoms with E-state index < -0.39 is 28.2 Å². The number of thiazole rings is 1. The van der Waals surface area contributed by atoms with E-state index in [1.807, 2.05) is 58.0 Å². The van der Waals surface area contributed by atoms with Crippen LogP contribution in [0, 0.1) is 11.8 Å². The molecule has 234 valence electrons. The standard InChI is InChI=1S/C31H43N5O5S2/c1-21(2)15-30(38)36(34-31(39)26-11-8-14-32-26)27(16-23-9-6-5-7-10-23)28(37)19-35(18-22(3)4)43(40,41)24-12-13-25-29(17-24)42-20-33-25/h5-7,9-10,12-13,17,20-22,26-28,32,37H,8,11,14-16,18-19H2,1-4H3,(H,34,39)/t26?,27?,28-/m1/s1. The van der Waals surface area contributed by atoms with Crippen molar-refractivity contribution in [1.82, 2.24) is 25.0 Å². The van der Waals surface area contributed by atoms with Crippen LogP contribution >= 0.6 is 11.3 Å². The number of carbonyl (C=O) groups excluding carboxylic acids is 2. The van der Waals surface area contributed by atoms with Crippen LogP contribution in [0.15, 0.2) is 58.9 Å². The summed E-state index contributed by atoms with van der Waals surface area (Å²) >= 11 is 1.36. The summed E-state index contributed by atoms with van der Waals surface area (Å²) in [4.78, 5) is 31.3. The average molecular weight is 630 g/mol. The van der Waals surface area contributed by atoms with E-state index in [0.717, 1.165) is 16.7 Å². The molecule has 3 atom stereocenters. The number of rotatable bonds is 13. The zero-order chi connectivity index (χ0) is 31.1. The normalized spacial score (nSPS) is 17.1. The van der Waals surface area contributed by atoms with Crippen LogP contribution in [0.1, 0.15) is 52.5 Å². The first-order chi connectivity index (χ1) is 20.5. The molecule has 3 aromatic rings. The molecule has 1 aromatic heterocycles. The van der Waals surface area contributed by atoms with Crippen LogP contribution in [-0.2, 0) is 26.0 Å². The predicted octanol–water partition coefficient (Wildman–Crippen LogP) is 3.57. The molecule has 2 unspecified atom stereocenters. The van der Waals surface area contributed by atoms with Crippen LogP contribution in [-0.4, -0.2) is 77.5 Å². The van der Waals surface area contributed by atoms with E-state index in [1.54, 1.807) is 17.6 Å². The van der Waals surface area contributed by atoms with Gasteiger partial charge in [0, 0.05) is 19.5 Å². The van der Waals surface area contributed by atoms with E-state index in [9.17, 15) is 23.1 Å². The van der Waals surface area contributed by atoms with Crippen molar-refractivity contribution in [3.05, 3.63) is 59.6 Å². The lowest BCUT2D eigenvalue weighted by Crippen LogP contribution is -2.61. The molecule has 0 bridgehead atoms. The van der Waals surface area contributed by atoms with E-state index in [0.29, 0.717) is 18.5 Å². The summed E-state index contributed by atoms with van der Waals surface area (Å²) in [5.74, 6) is -0.710. The minimum Gasteiger partial charge on any atom is -0.390 e. The molecule has 1 saturated heterocycles. The van der Waals surface area contributed by atoms with Crippen molar-refractivity contribution in [3.63, 3.8) is 0 Å². The highest BCUT2D eigenvalue weighted by Crippen LogP contribution is 2.26. The van der Waals surface area contributed by atoms with Crippen LogP contribution < -0.4 is 10.7 Å². The van der Waals surface area contributed by atoms with Gasteiger partial charge in [-0.1, -0.05) is 58.0 Å². The van der Waals surface area contributed by atoms with Gasteiger partial charge in [0.15, 0.2) is 0 Å². The third-order valence-corrected chi connectivity index (χ3v) is 10.0. The van der Waals surface area contributed by atoms with Gasteiger partial charge in [0.05, 0.1) is 38.8 Å². The monoisotopic (exact) mass is 629 g/mol. The highest BCUT2D eigenvalue weighted by atomic mass is 32.2. The summed E-state index contributed by atoms with van der Waals surface area (Å²) in [6.45, 7) is 8.26. The molecule has 43 heavy (non-hydrogen) atoms. The van der Waals surface area contributed by atoms with Gasteiger partial charge in [-0.15, -0.1) is 11.3 Å². The summed E-state index contributed by atoms with van der Waals surface area (Å²) in [5.41, 5.74) is 6.05. The average Bonchev–Trinajstić information content (AvgIpc) is 3.66. The smallest absolute Gasteiger partial charge is 0.255 e. The van der Waals surface area contributed by atoms with Crippen LogP contribution in [0.3, 0.4) is 0 Å². The van der Waals surface area contributed by atoms with Gasteiger partial charge in [-0.2, -0.15) is 4.31 Å². The molecular formula is C31H43N5O5S2. The lowest BCUT2D eigenvalue weighted by molar-refractivity contribution is -0.149. The van der Waals surface area contributed by atoms with E-state index in [4.69, 9.17) is 0 Å². The maximum Gasteiger partial charge on any atom is 0.255 e. The van der Waals surface area contributed by atoms with Gasteiger partial charge in [0.2, 0.25) is 15.9 Å². The minimum absolute atomic E-state index is 0.00509. The Morgan fingerprint density at radius 3 is 2.49 bits per heavy atom. The van der Waals surface area contributed by atoms with Crippen molar-refractivity contribution in [2.45, 2.75) is 76.5 Å². The quantitative estimate of drug-likeness (QED) is 0.246. The van der Waals surface area contributed by atoms with E-state index >= 15 is 0 Å². The molecule has 0 saturated carbocycles. The Labute approximate surface area is 258 Å². The van der Waals surface area contributed by atoms with Crippen LogP contribution in [0.4, 0.5) is 0 Å². The number of benzene rings is 2. The molecule has 2 amide bonds. The Hall–Kier alpha value is -2.90. The third-order valence-electron chi connectivity index (χ3n) is 7.42. The molecule has 1 aliphatic heterocycles. The Bertz CT molecular complexity index is 1470. The highest BCUT2D eigenvalue weighted by Gasteiger charge is 2.37. The van der Waals surface area contributed by atoms with Crippen molar-refractivity contribution < 1.29 is 23.1 Å². The summed E-state index contributed by atoms with van der Waals surface area (Å²) in [7, 11) is -4.02. The number of hydrogen-bond donors (Lipinski definition) is 3. The second kappa shape index (κ2) is 14.7. The predicted molar refractivity (Wildman–Crippen MR) is 169 cm³/mol. The number of amides is 2. The molecule has 4 rings (SSSR count). The molecule has 1 aliphatic rings. The second-order valence-corrected chi connectivity index (χ2v) is 14.8. The van der Waals surface area contributed by atoms with Crippen molar-refractivity contribution in [2.24, 2.45) is 11.8 Å². The van der Waals surface area contributed by atoms with Crippen LogP contribution in [0.2, 0.25) is 0 Å². The first-order valence-corrected chi connectivity index (χ1v) is 17.2. The Kier molecular flexibility index (Phi) is 11.3. The molecule has 0 spiro atoms.